The van der Waals surface area contributed by atoms with E-state index in [9.17, 15) is 4.79 Å². The molecule has 1 rings (SSSR count). The third kappa shape index (κ3) is 5.69. The van der Waals surface area contributed by atoms with E-state index in [4.69, 9.17) is 4.74 Å². The Labute approximate surface area is 110 Å². The molecule has 1 saturated heterocycles. The first kappa shape index (κ1) is 15.2. The highest BCUT2D eigenvalue weighted by Gasteiger charge is 2.23. The molecule has 0 aromatic rings. The molecule has 1 amide bonds. The van der Waals surface area contributed by atoms with E-state index < -0.39 is 11.7 Å². The standard InChI is InChI=1S/C13H27N3O2/c1-10(11-6-8-16(5)9-7-11)14-15-12(17)18-13(2,3)4/h10-11,14H,6-9H2,1-5H3,(H,15,17). The van der Waals surface area contributed by atoms with Crippen molar-refractivity contribution in [3.63, 3.8) is 0 Å². The van der Waals surface area contributed by atoms with Gasteiger partial charge in [0.15, 0.2) is 0 Å². The fourth-order valence-electron chi connectivity index (χ4n) is 2.12. The maximum atomic E-state index is 11.5. The first-order chi connectivity index (χ1) is 8.28. The Morgan fingerprint density at radius 1 is 1.33 bits per heavy atom. The Balaban J connectivity index is 2.24. The molecule has 0 bridgehead atoms. The predicted molar refractivity (Wildman–Crippen MR) is 72.2 cm³/mol. The number of rotatable bonds is 3. The topological polar surface area (TPSA) is 53.6 Å². The lowest BCUT2D eigenvalue weighted by Gasteiger charge is -2.33. The lowest BCUT2D eigenvalue weighted by molar-refractivity contribution is 0.0475. The normalized spacial score (nSPS) is 20.5. The van der Waals surface area contributed by atoms with Gasteiger partial charge < -0.3 is 9.64 Å². The van der Waals surface area contributed by atoms with Crippen molar-refractivity contribution in [2.45, 2.75) is 52.2 Å². The molecule has 5 nitrogen and oxygen atoms in total. The van der Waals surface area contributed by atoms with E-state index in [1.54, 1.807) is 0 Å². The molecule has 0 aromatic carbocycles. The number of likely N-dealkylation sites (tertiary alicyclic amines) is 1. The van der Waals surface area contributed by atoms with Gasteiger partial charge in [-0.3, -0.25) is 5.43 Å². The first-order valence-electron chi connectivity index (χ1n) is 6.71. The Morgan fingerprint density at radius 2 is 1.89 bits per heavy atom. The molecule has 1 fully saturated rings. The summed E-state index contributed by atoms with van der Waals surface area (Å²) < 4.78 is 5.17. The monoisotopic (exact) mass is 257 g/mol. The van der Waals surface area contributed by atoms with E-state index in [1.807, 2.05) is 20.8 Å². The SMILES string of the molecule is CC(NNC(=O)OC(C)(C)C)C1CCN(C)CC1. The highest BCUT2D eigenvalue weighted by molar-refractivity contribution is 5.67. The predicted octanol–water partition coefficient (Wildman–Crippen LogP) is 1.75. The summed E-state index contributed by atoms with van der Waals surface area (Å²) in [6, 6.07) is 0.270. The minimum Gasteiger partial charge on any atom is -0.443 e. The van der Waals surface area contributed by atoms with Crippen LogP contribution in [-0.2, 0) is 4.74 Å². The van der Waals surface area contributed by atoms with Crippen LogP contribution in [-0.4, -0.2) is 42.8 Å². The third-order valence-electron chi connectivity index (χ3n) is 3.27. The molecule has 1 heterocycles. The summed E-state index contributed by atoms with van der Waals surface area (Å²) in [5.41, 5.74) is 5.21. The van der Waals surface area contributed by atoms with Gasteiger partial charge in [0.1, 0.15) is 5.60 Å². The van der Waals surface area contributed by atoms with Crippen molar-refractivity contribution in [2.75, 3.05) is 20.1 Å². The average molecular weight is 257 g/mol. The number of hydrogen-bond acceptors (Lipinski definition) is 4. The Bertz CT molecular complexity index is 268. The Morgan fingerprint density at radius 3 is 2.39 bits per heavy atom. The lowest BCUT2D eigenvalue weighted by Crippen LogP contribution is -2.49. The number of piperidine rings is 1. The summed E-state index contributed by atoms with van der Waals surface area (Å²) in [5.74, 6) is 0.608. The second kappa shape index (κ2) is 6.38. The maximum Gasteiger partial charge on any atom is 0.422 e. The zero-order valence-electron chi connectivity index (χ0n) is 12.2. The molecule has 18 heavy (non-hydrogen) atoms. The van der Waals surface area contributed by atoms with Gasteiger partial charge in [0.2, 0.25) is 0 Å². The average Bonchev–Trinajstić information content (AvgIpc) is 2.24. The fourth-order valence-corrected chi connectivity index (χ4v) is 2.12. The van der Waals surface area contributed by atoms with E-state index in [1.165, 1.54) is 12.8 Å². The molecular weight excluding hydrogens is 230 g/mol. The van der Waals surface area contributed by atoms with Crippen LogP contribution in [0.5, 0.6) is 0 Å². The van der Waals surface area contributed by atoms with Crippen LogP contribution < -0.4 is 10.9 Å². The van der Waals surface area contributed by atoms with E-state index in [2.05, 4.69) is 29.7 Å². The van der Waals surface area contributed by atoms with Crippen LogP contribution in [0, 0.1) is 5.92 Å². The maximum absolute atomic E-state index is 11.5. The summed E-state index contributed by atoms with van der Waals surface area (Å²) in [5, 5.41) is 0. The number of nitrogens with one attached hydrogen (secondary N) is 2. The van der Waals surface area contributed by atoms with Crippen molar-refractivity contribution in [2.24, 2.45) is 5.92 Å². The zero-order valence-corrected chi connectivity index (χ0v) is 12.2. The number of ether oxygens (including phenoxy) is 1. The minimum atomic E-state index is -0.456. The number of hydrogen-bond donors (Lipinski definition) is 2. The van der Waals surface area contributed by atoms with Gasteiger partial charge in [-0.05, 0) is 66.6 Å². The summed E-state index contributed by atoms with van der Waals surface area (Å²) in [4.78, 5) is 13.8. The molecule has 1 atom stereocenters. The molecule has 1 aliphatic heterocycles. The van der Waals surface area contributed by atoms with Gasteiger partial charge in [-0.15, -0.1) is 0 Å². The van der Waals surface area contributed by atoms with Crippen molar-refractivity contribution in [1.29, 1.82) is 0 Å². The van der Waals surface area contributed by atoms with Gasteiger partial charge in [0, 0.05) is 6.04 Å². The van der Waals surface area contributed by atoms with E-state index in [0.29, 0.717) is 5.92 Å². The third-order valence-corrected chi connectivity index (χ3v) is 3.27. The lowest BCUT2D eigenvalue weighted by atomic mass is 9.91. The van der Waals surface area contributed by atoms with Gasteiger partial charge in [-0.2, -0.15) is 0 Å². The molecule has 0 aromatic heterocycles. The van der Waals surface area contributed by atoms with Crippen LogP contribution in [0.2, 0.25) is 0 Å². The fraction of sp³-hybridized carbons (Fsp3) is 0.923. The van der Waals surface area contributed by atoms with Crippen LogP contribution in [0.1, 0.15) is 40.5 Å². The molecular formula is C13H27N3O2. The minimum absolute atomic E-state index is 0.270. The quantitative estimate of drug-likeness (QED) is 0.756. The molecule has 5 heteroatoms. The van der Waals surface area contributed by atoms with Gasteiger partial charge in [0.25, 0.3) is 0 Å². The van der Waals surface area contributed by atoms with Crippen LogP contribution in [0.3, 0.4) is 0 Å². The molecule has 106 valence electrons. The van der Waals surface area contributed by atoms with E-state index in [-0.39, 0.29) is 6.04 Å². The van der Waals surface area contributed by atoms with Crippen LogP contribution in [0.4, 0.5) is 4.79 Å². The van der Waals surface area contributed by atoms with Crippen LogP contribution in [0.25, 0.3) is 0 Å². The van der Waals surface area contributed by atoms with Gasteiger partial charge in [0.05, 0.1) is 0 Å². The van der Waals surface area contributed by atoms with Gasteiger partial charge in [-0.1, -0.05) is 0 Å². The zero-order chi connectivity index (χ0) is 13.8. The van der Waals surface area contributed by atoms with E-state index in [0.717, 1.165) is 13.1 Å². The van der Waals surface area contributed by atoms with Crippen molar-refractivity contribution in [3.8, 4) is 0 Å². The van der Waals surface area contributed by atoms with Gasteiger partial charge in [-0.25, -0.2) is 10.2 Å². The number of amides is 1. The summed E-state index contributed by atoms with van der Waals surface area (Å²) >= 11 is 0. The Hall–Kier alpha value is -0.810. The second-order valence-electron chi connectivity index (χ2n) is 6.20. The number of carbonyl (C=O) groups excluding carboxylic acids is 1. The van der Waals surface area contributed by atoms with Gasteiger partial charge >= 0.3 is 6.09 Å². The molecule has 0 aliphatic carbocycles. The van der Waals surface area contributed by atoms with Crippen molar-refractivity contribution < 1.29 is 9.53 Å². The molecule has 2 N–H and O–H groups in total. The highest BCUT2D eigenvalue weighted by atomic mass is 16.6. The highest BCUT2D eigenvalue weighted by Crippen LogP contribution is 2.19. The van der Waals surface area contributed by atoms with Crippen LogP contribution >= 0.6 is 0 Å². The smallest absolute Gasteiger partial charge is 0.422 e. The van der Waals surface area contributed by atoms with Crippen molar-refractivity contribution in [3.05, 3.63) is 0 Å². The van der Waals surface area contributed by atoms with Crippen molar-refractivity contribution >= 4 is 6.09 Å². The first-order valence-corrected chi connectivity index (χ1v) is 6.71. The number of nitrogens with zero attached hydrogens (tertiary/aromatic N) is 1. The molecule has 0 radical (unpaired) electrons. The second-order valence-corrected chi connectivity index (χ2v) is 6.20. The number of hydrazine groups is 1. The van der Waals surface area contributed by atoms with Crippen LogP contribution in [0.15, 0.2) is 0 Å². The largest absolute Gasteiger partial charge is 0.443 e. The summed E-state index contributed by atoms with van der Waals surface area (Å²) in [6.07, 6.45) is 1.92. The molecule has 0 saturated carbocycles. The molecule has 0 spiro atoms. The van der Waals surface area contributed by atoms with Crippen molar-refractivity contribution in [1.82, 2.24) is 15.8 Å². The molecule has 1 unspecified atom stereocenters. The van der Waals surface area contributed by atoms with E-state index >= 15 is 0 Å². The molecule has 1 aliphatic rings. The Kier molecular flexibility index (Phi) is 5.41. The number of carbonyl (C=O) groups is 1. The summed E-state index contributed by atoms with van der Waals surface area (Å²) in [7, 11) is 2.15. The summed E-state index contributed by atoms with van der Waals surface area (Å²) in [6.45, 7) is 9.92.